The first kappa shape index (κ1) is 18.3. The molecule has 0 rings (SSSR count). The highest BCUT2D eigenvalue weighted by molar-refractivity contribution is 7.49. The highest BCUT2D eigenvalue weighted by Crippen LogP contribution is 2.40. The van der Waals surface area contributed by atoms with Gasteiger partial charge in [-0.05, 0) is 47.2 Å². The lowest BCUT2D eigenvalue weighted by atomic mass is 10.2. The van der Waals surface area contributed by atoms with Crippen LogP contribution in [0.25, 0.3) is 0 Å². The third-order valence-electron chi connectivity index (χ3n) is 3.01. The van der Waals surface area contributed by atoms with Crippen LogP contribution in [0.1, 0.15) is 54.4 Å². The SMILES string of the molecule is CCC(CC)OCCOP(C)N(C(C)C)C(C)C. The highest BCUT2D eigenvalue weighted by Gasteiger charge is 2.20. The first-order valence-electron chi connectivity index (χ1n) is 7.20. The van der Waals surface area contributed by atoms with E-state index in [1.807, 2.05) is 0 Å². The molecule has 0 saturated heterocycles. The molecule has 18 heavy (non-hydrogen) atoms. The van der Waals surface area contributed by atoms with Gasteiger partial charge in [-0.15, -0.1) is 0 Å². The van der Waals surface area contributed by atoms with Crippen LogP contribution >= 0.6 is 8.30 Å². The molecule has 0 aromatic carbocycles. The van der Waals surface area contributed by atoms with Gasteiger partial charge in [-0.3, -0.25) is 4.67 Å². The summed E-state index contributed by atoms with van der Waals surface area (Å²) in [5.74, 6) is 0. The van der Waals surface area contributed by atoms with Crippen molar-refractivity contribution in [1.29, 1.82) is 0 Å². The predicted molar refractivity (Wildman–Crippen MR) is 81.2 cm³/mol. The molecule has 3 nitrogen and oxygen atoms in total. The van der Waals surface area contributed by atoms with E-state index in [1.165, 1.54) is 0 Å². The molecule has 0 fully saturated rings. The van der Waals surface area contributed by atoms with E-state index in [4.69, 9.17) is 9.26 Å². The van der Waals surface area contributed by atoms with Crippen molar-refractivity contribution < 1.29 is 9.26 Å². The molecule has 0 aliphatic rings. The van der Waals surface area contributed by atoms with Crippen molar-refractivity contribution in [3.63, 3.8) is 0 Å². The molecule has 4 heteroatoms. The maximum Gasteiger partial charge on any atom is 0.101 e. The molecule has 0 aliphatic carbocycles. The Morgan fingerprint density at radius 1 is 0.944 bits per heavy atom. The van der Waals surface area contributed by atoms with E-state index in [1.54, 1.807) is 0 Å². The topological polar surface area (TPSA) is 21.7 Å². The van der Waals surface area contributed by atoms with Crippen molar-refractivity contribution in [3.05, 3.63) is 0 Å². The predicted octanol–water partition coefficient (Wildman–Crippen LogP) is 4.27. The summed E-state index contributed by atoms with van der Waals surface area (Å²) in [6, 6.07) is 1.06. The van der Waals surface area contributed by atoms with Gasteiger partial charge in [0.25, 0.3) is 0 Å². The van der Waals surface area contributed by atoms with Crippen molar-refractivity contribution >= 4 is 8.30 Å². The minimum Gasteiger partial charge on any atom is -0.376 e. The van der Waals surface area contributed by atoms with Gasteiger partial charge in [0, 0.05) is 12.1 Å². The Balaban J connectivity index is 3.91. The van der Waals surface area contributed by atoms with Gasteiger partial charge in [0.05, 0.1) is 19.3 Å². The summed E-state index contributed by atoms with van der Waals surface area (Å²) in [4.78, 5) is 0. The Bertz CT molecular complexity index is 188. The monoisotopic (exact) mass is 277 g/mol. The molecule has 1 unspecified atom stereocenters. The third-order valence-corrected chi connectivity index (χ3v) is 5.14. The largest absolute Gasteiger partial charge is 0.376 e. The van der Waals surface area contributed by atoms with Crippen LogP contribution in [0.5, 0.6) is 0 Å². The second kappa shape index (κ2) is 10.1. The molecule has 0 saturated carbocycles. The number of hydrogen-bond acceptors (Lipinski definition) is 3. The van der Waals surface area contributed by atoms with E-state index in [9.17, 15) is 0 Å². The standard InChI is InChI=1S/C14H32NO2P/c1-8-14(9-2)16-10-11-17-18(7)15(12(3)4)13(5)6/h12-14H,8-11H2,1-7H3. The molecule has 0 amide bonds. The van der Waals surface area contributed by atoms with Crippen molar-refractivity contribution in [2.45, 2.75) is 72.6 Å². The van der Waals surface area contributed by atoms with Crippen LogP contribution in [0.15, 0.2) is 0 Å². The van der Waals surface area contributed by atoms with E-state index >= 15 is 0 Å². The molecule has 0 heterocycles. The Morgan fingerprint density at radius 2 is 1.44 bits per heavy atom. The molecule has 0 aromatic rings. The molecule has 0 bridgehead atoms. The van der Waals surface area contributed by atoms with E-state index in [-0.39, 0.29) is 0 Å². The van der Waals surface area contributed by atoms with Crippen LogP contribution in [-0.4, -0.2) is 42.7 Å². The molecule has 0 radical (unpaired) electrons. The number of ether oxygens (including phenoxy) is 1. The van der Waals surface area contributed by atoms with Gasteiger partial charge in [0.2, 0.25) is 0 Å². The van der Waals surface area contributed by atoms with Crippen molar-refractivity contribution in [3.8, 4) is 0 Å². The average Bonchev–Trinajstić information content (AvgIpc) is 2.28. The smallest absolute Gasteiger partial charge is 0.101 e. The Morgan fingerprint density at radius 3 is 1.83 bits per heavy atom. The van der Waals surface area contributed by atoms with Crippen molar-refractivity contribution in [1.82, 2.24) is 4.67 Å². The van der Waals surface area contributed by atoms with Gasteiger partial charge in [-0.2, -0.15) is 0 Å². The van der Waals surface area contributed by atoms with Gasteiger partial charge in [0.1, 0.15) is 8.30 Å². The molecule has 1 atom stereocenters. The number of nitrogens with zero attached hydrogens (tertiary/aromatic N) is 1. The fraction of sp³-hybridized carbons (Fsp3) is 1.00. The Hall–Kier alpha value is 0.310. The summed E-state index contributed by atoms with van der Waals surface area (Å²) in [6.45, 7) is 16.8. The van der Waals surface area contributed by atoms with Crippen LogP contribution in [0.2, 0.25) is 0 Å². The normalized spacial score (nSPS) is 14.2. The minimum atomic E-state index is -0.509. The second-order valence-corrected chi connectivity index (χ2v) is 6.82. The summed E-state index contributed by atoms with van der Waals surface area (Å²) in [7, 11) is -0.509. The van der Waals surface area contributed by atoms with Gasteiger partial charge in [-0.1, -0.05) is 13.8 Å². The zero-order valence-electron chi connectivity index (χ0n) is 13.3. The molecular weight excluding hydrogens is 245 g/mol. The fourth-order valence-electron chi connectivity index (χ4n) is 2.22. The van der Waals surface area contributed by atoms with Gasteiger partial charge < -0.3 is 9.26 Å². The quantitative estimate of drug-likeness (QED) is 0.440. The minimum absolute atomic E-state index is 0.392. The fourth-order valence-corrected chi connectivity index (χ4v) is 3.99. The first-order valence-corrected chi connectivity index (χ1v) is 8.86. The van der Waals surface area contributed by atoms with E-state index in [0.717, 1.165) is 12.8 Å². The maximum absolute atomic E-state index is 5.93. The summed E-state index contributed by atoms with van der Waals surface area (Å²) >= 11 is 0. The lowest BCUT2D eigenvalue weighted by Gasteiger charge is -2.35. The van der Waals surface area contributed by atoms with E-state index < -0.39 is 8.30 Å². The summed E-state index contributed by atoms with van der Waals surface area (Å²) in [6.07, 6.45) is 2.56. The molecule has 110 valence electrons. The first-order chi connectivity index (χ1) is 8.43. The van der Waals surface area contributed by atoms with Crippen molar-refractivity contribution in [2.24, 2.45) is 0 Å². The van der Waals surface area contributed by atoms with E-state index in [2.05, 4.69) is 52.9 Å². The number of rotatable bonds is 10. The lowest BCUT2D eigenvalue weighted by Crippen LogP contribution is -2.33. The van der Waals surface area contributed by atoms with Gasteiger partial charge in [-0.25, -0.2) is 0 Å². The summed E-state index contributed by atoms with van der Waals surface area (Å²) < 4.78 is 14.1. The molecule has 0 aromatic heterocycles. The van der Waals surface area contributed by atoms with Crippen LogP contribution in [0.4, 0.5) is 0 Å². The maximum atomic E-state index is 5.93. The van der Waals surface area contributed by atoms with Crippen molar-refractivity contribution in [2.75, 3.05) is 19.9 Å². The third kappa shape index (κ3) is 7.04. The Kier molecular flexibility index (Phi) is 10.3. The van der Waals surface area contributed by atoms with Crippen LogP contribution in [0, 0.1) is 0 Å². The van der Waals surface area contributed by atoms with E-state index in [0.29, 0.717) is 31.4 Å². The van der Waals surface area contributed by atoms with Crippen LogP contribution < -0.4 is 0 Å². The highest BCUT2D eigenvalue weighted by atomic mass is 31.2. The summed E-state index contributed by atoms with van der Waals surface area (Å²) in [5.41, 5.74) is 0. The average molecular weight is 277 g/mol. The zero-order valence-corrected chi connectivity index (χ0v) is 14.2. The summed E-state index contributed by atoms with van der Waals surface area (Å²) in [5, 5.41) is 0. The van der Waals surface area contributed by atoms with Crippen LogP contribution in [-0.2, 0) is 9.26 Å². The number of hydrogen-bond donors (Lipinski definition) is 0. The molecule has 0 aliphatic heterocycles. The molecule has 0 N–H and O–H groups in total. The van der Waals surface area contributed by atoms with Gasteiger partial charge >= 0.3 is 0 Å². The second-order valence-electron chi connectivity index (χ2n) is 5.17. The zero-order chi connectivity index (χ0) is 14.1. The molecule has 0 spiro atoms. The lowest BCUT2D eigenvalue weighted by molar-refractivity contribution is 0.0300. The molecular formula is C14H32NO2P. The van der Waals surface area contributed by atoms with Crippen LogP contribution in [0.3, 0.4) is 0 Å². The Labute approximate surface area is 115 Å². The van der Waals surface area contributed by atoms with Gasteiger partial charge in [0.15, 0.2) is 0 Å².